The maximum absolute atomic E-state index is 11.7. The van der Waals surface area contributed by atoms with Gasteiger partial charge in [-0.25, -0.2) is 4.79 Å². The summed E-state index contributed by atoms with van der Waals surface area (Å²) in [7, 11) is 0. The first-order valence-corrected chi connectivity index (χ1v) is 5.61. The zero-order valence-corrected chi connectivity index (χ0v) is 10.7. The number of benzene rings is 1. The minimum absolute atomic E-state index is 0.0590. The van der Waals surface area contributed by atoms with Crippen molar-refractivity contribution in [2.24, 2.45) is 5.41 Å². The molecule has 4 heteroatoms. The van der Waals surface area contributed by atoms with Gasteiger partial charge in [0.2, 0.25) is 5.91 Å². The molecule has 0 saturated carbocycles. The highest BCUT2D eigenvalue weighted by atomic mass is 16.4. The van der Waals surface area contributed by atoms with Gasteiger partial charge >= 0.3 is 5.97 Å². The fraction of sp³-hybridized carbons (Fsp3) is 0.286. The Morgan fingerprint density at radius 1 is 1.17 bits per heavy atom. The van der Waals surface area contributed by atoms with Gasteiger partial charge in [-0.1, -0.05) is 32.9 Å². The van der Waals surface area contributed by atoms with Crippen molar-refractivity contribution in [1.82, 2.24) is 0 Å². The van der Waals surface area contributed by atoms with Crippen LogP contribution in [0.25, 0.3) is 6.08 Å². The van der Waals surface area contributed by atoms with E-state index in [2.05, 4.69) is 5.32 Å². The Balaban J connectivity index is 2.72. The lowest BCUT2D eigenvalue weighted by molar-refractivity contribution is -0.131. The van der Waals surface area contributed by atoms with Gasteiger partial charge in [0.1, 0.15) is 0 Å². The van der Waals surface area contributed by atoms with Crippen molar-refractivity contribution in [2.45, 2.75) is 20.8 Å². The van der Waals surface area contributed by atoms with Gasteiger partial charge in [0.25, 0.3) is 0 Å². The van der Waals surface area contributed by atoms with Gasteiger partial charge < -0.3 is 10.4 Å². The Hall–Kier alpha value is -2.10. The van der Waals surface area contributed by atoms with Crippen molar-refractivity contribution in [3.05, 3.63) is 35.9 Å². The molecule has 18 heavy (non-hydrogen) atoms. The van der Waals surface area contributed by atoms with Crippen molar-refractivity contribution < 1.29 is 14.7 Å². The van der Waals surface area contributed by atoms with Gasteiger partial charge in [-0.15, -0.1) is 0 Å². The summed E-state index contributed by atoms with van der Waals surface area (Å²) in [6.45, 7) is 5.52. The molecule has 0 aromatic heterocycles. The summed E-state index contributed by atoms with van der Waals surface area (Å²) in [5.74, 6) is -1.04. The van der Waals surface area contributed by atoms with Crippen LogP contribution in [0.2, 0.25) is 0 Å². The normalized spacial score (nSPS) is 11.5. The molecular weight excluding hydrogens is 230 g/mol. The smallest absolute Gasteiger partial charge is 0.328 e. The Bertz CT molecular complexity index is 467. The average molecular weight is 247 g/mol. The lowest BCUT2D eigenvalue weighted by Crippen LogP contribution is -2.27. The second-order valence-electron chi connectivity index (χ2n) is 5.00. The van der Waals surface area contributed by atoms with Crippen molar-refractivity contribution in [1.29, 1.82) is 0 Å². The van der Waals surface area contributed by atoms with Crippen LogP contribution in [0.3, 0.4) is 0 Å². The maximum atomic E-state index is 11.7. The Labute approximate surface area is 106 Å². The number of carbonyl (C=O) groups excluding carboxylic acids is 1. The van der Waals surface area contributed by atoms with Gasteiger partial charge in [-0.3, -0.25) is 4.79 Å². The third-order valence-corrected chi connectivity index (χ3v) is 2.27. The van der Waals surface area contributed by atoms with E-state index in [1.807, 2.05) is 20.8 Å². The van der Waals surface area contributed by atoms with Gasteiger partial charge in [0.05, 0.1) is 0 Å². The summed E-state index contributed by atoms with van der Waals surface area (Å²) in [5.41, 5.74) is 1.02. The molecule has 2 N–H and O–H groups in total. The first-order chi connectivity index (χ1) is 8.29. The molecule has 0 spiro atoms. The number of carboxylic acids is 1. The van der Waals surface area contributed by atoms with Gasteiger partial charge in [0, 0.05) is 17.2 Å². The van der Waals surface area contributed by atoms with Gasteiger partial charge in [-0.2, -0.15) is 0 Å². The highest BCUT2D eigenvalue weighted by Gasteiger charge is 2.20. The van der Waals surface area contributed by atoms with Crippen molar-refractivity contribution in [3.63, 3.8) is 0 Å². The zero-order valence-electron chi connectivity index (χ0n) is 10.7. The number of amides is 1. The molecule has 0 aliphatic rings. The molecule has 0 bridgehead atoms. The van der Waals surface area contributed by atoms with E-state index in [0.717, 1.165) is 11.6 Å². The number of hydrogen-bond acceptors (Lipinski definition) is 2. The van der Waals surface area contributed by atoms with Gasteiger partial charge in [0.15, 0.2) is 0 Å². The number of hydrogen-bond donors (Lipinski definition) is 2. The van der Waals surface area contributed by atoms with E-state index in [-0.39, 0.29) is 5.91 Å². The molecule has 0 heterocycles. The molecule has 1 amide bonds. The summed E-state index contributed by atoms with van der Waals surface area (Å²) in [6, 6.07) is 6.98. The van der Waals surface area contributed by atoms with E-state index in [4.69, 9.17) is 5.11 Å². The van der Waals surface area contributed by atoms with Crippen LogP contribution in [0.1, 0.15) is 26.3 Å². The van der Waals surface area contributed by atoms with Crippen LogP contribution in [0.4, 0.5) is 5.69 Å². The van der Waals surface area contributed by atoms with Crippen molar-refractivity contribution in [2.75, 3.05) is 5.32 Å². The molecular formula is C14H17NO3. The Morgan fingerprint density at radius 2 is 1.72 bits per heavy atom. The van der Waals surface area contributed by atoms with E-state index < -0.39 is 11.4 Å². The third kappa shape index (κ3) is 4.41. The largest absolute Gasteiger partial charge is 0.478 e. The van der Waals surface area contributed by atoms with Crippen LogP contribution in [0.5, 0.6) is 0 Å². The second-order valence-corrected chi connectivity index (χ2v) is 5.00. The lowest BCUT2D eigenvalue weighted by Gasteiger charge is -2.17. The van der Waals surface area contributed by atoms with Crippen LogP contribution >= 0.6 is 0 Å². The standard InChI is InChI=1S/C14H17NO3/c1-14(2,3)13(18)15-11-7-4-10(5-8-11)6-9-12(16)17/h4-9H,1-3H3,(H,15,18)(H,16,17). The fourth-order valence-electron chi connectivity index (χ4n) is 1.16. The average Bonchev–Trinajstić information content (AvgIpc) is 2.26. The first-order valence-electron chi connectivity index (χ1n) is 5.61. The number of carboxylic acid groups (broad SMARTS) is 1. The monoisotopic (exact) mass is 247 g/mol. The predicted molar refractivity (Wildman–Crippen MR) is 71.2 cm³/mol. The molecule has 0 unspecified atom stereocenters. The summed E-state index contributed by atoms with van der Waals surface area (Å²) in [5, 5.41) is 11.3. The van der Waals surface area contributed by atoms with Crippen LogP contribution in [0, 0.1) is 5.41 Å². The van der Waals surface area contributed by atoms with E-state index in [1.54, 1.807) is 24.3 Å². The quantitative estimate of drug-likeness (QED) is 0.807. The molecule has 0 aliphatic heterocycles. The van der Waals surface area contributed by atoms with Gasteiger partial charge in [-0.05, 0) is 23.8 Å². The third-order valence-electron chi connectivity index (χ3n) is 2.27. The number of nitrogens with one attached hydrogen (secondary N) is 1. The molecule has 0 saturated heterocycles. The number of rotatable bonds is 3. The molecule has 96 valence electrons. The summed E-state index contributed by atoms with van der Waals surface area (Å²) >= 11 is 0. The van der Waals surface area contributed by atoms with Crippen LogP contribution in [0.15, 0.2) is 30.3 Å². The van der Waals surface area contributed by atoms with E-state index in [0.29, 0.717) is 5.69 Å². The van der Waals surface area contributed by atoms with Crippen LogP contribution in [-0.2, 0) is 9.59 Å². The summed E-state index contributed by atoms with van der Waals surface area (Å²) in [6.07, 6.45) is 2.57. The Kier molecular flexibility index (Phi) is 4.26. The molecule has 1 aromatic rings. The van der Waals surface area contributed by atoms with Crippen LogP contribution < -0.4 is 5.32 Å². The number of anilines is 1. The topological polar surface area (TPSA) is 66.4 Å². The predicted octanol–water partition coefficient (Wildman–Crippen LogP) is 2.77. The zero-order chi connectivity index (χ0) is 13.8. The SMILES string of the molecule is CC(C)(C)C(=O)Nc1ccc(C=CC(=O)O)cc1. The molecule has 0 aliphatic carbocycles. The van der Waals surface area contributed by atoms with Crippen molar-refractivity contribution in [3.8, 4) is 0 Å². The highest BCUT2D eigenvalue weighted by molar-refractivity contribution is 5.94. The maximum Gasteiger partial charge on any atom is 0.328 e. The van der Waals surface area contributed by atoms with E-state index in [1.165, 1.54) is 6.08 Å². The molecule has 0 atom stereocenters. The highest BCUT2D eigenvalue weighted by Crippen LogP contribution is 2.18. The molecule has 1 aromatic carbocycles. The minimum Gasteiger partial charge on any atom is -0.478 e. The summed E-state index contributed by atoms with van der Waals surface area (Å²) in [4.78, 5) is 22.1. The summed E-state index contributed by atoms with van der Waals surface area (Å²) < 4.78 is 0. The minimum atomic E-state index is -0.986. The lowest BCUT2D eigenvalue weighted by atomic mass is 9.95. The molecule has 0 fully saturated rings. The number of carbonyl (C=O) groups is 2. The second kappa shape index (κ2) is 5.49. The number of aliphatic carboxylic acids is 1. The van der Waals surface area contributed by atoms with Crippen molar-refractivity contribution >= 4 is 23.6 Å². The van der Waals surface area contributed by atoms with E-state index >= 15 is 0 Å². The van der Waals surface area contributed by atoms with E-state index in [9.17, 15) is 9.59 Å². The Morgan fingerprint density at radius 3 is 2.17 bits per heavy atom. The first kappa shape index (κ1) is 14.0. The molecule has 0 radical (unpaired) electrons. The molecule has 1 rings (SSSR count). The van der Waals surface area contributed by atoms with Crippen LogP contribution in [-0.4, -0.2) is 17.0 Å². The fourth-order valence-corrected chi connectivity index (χ4v) is 1.16. The molecule has 4 nitrogen and oxygen atoms in total.